The van der Waals surface area contributed by atoms with Crippen molar-refractivity contribution < 1.29 is 9.84 Å². The van der Waals surface area contributed by atoms with Crippen molar-refractivity contribution in [3.63, 3.8) is 0 Å². The Balaban J connectivity index is 1.84. The van der Waals surface area contributed by atoms with Gasteiger partial charge in [-0.15, -0.1) is 0 Å². The molecule has 0 spiro atoms. The van der Waals surface area contributed by atoms with Crippen molar-refractivity contribution in [2.45, 2.75) is 56.8 Å². The highest BCUT2D eigenvalue weighted by Crippen LogP contribution is 2.48. The van der Waals surface area contributed by atoms with Crippen LogP contribution < -0.4 is 0 Å². The van der Waals surface area contributed by atoms with Crippen molar-refractivity contribution in [1.82, 2.24) is 0 Å². The van der Waals surface area contributed by atoms with Crippen LogP contribution in [0, 0.1) is 11.8 Å². The van der Waals surface area contributed by atoms with Crippen LogP contribution in [0.1, 0.15) is 39.0 Å². The molecule has 3 rings (SSSR count). The molecule has 1 N–H and O–H groups in total. The second kappa shape index (κ2) is 3.33. The minimum atomic E-state index is -0.443. The molecule has 2 nitrogen and oxygen atoms in total. The number of hydrogen-bond acceptors (Lipinski definition) is 2. The number of rotatable bonds is 1. The van der Waals surface area contributed by atoms with Crippen LogP contribution in [0.3, 0.4) is 0 Å². The topological polar surface area (TPSA) is 29.5 Å². The zero-order chi connectivity index (χ0) is 10.5. The first-order chi connectivity index (χ1) is 7.21. The molecule has 0 aromatic carbocycles. The molecule has 2 fully saturated rings. The lowest BCUT2D eigenvalue weighted by Crippen LogP contribution is -2.46. The van der Waals surface area contributed by atoms with E-state index in [2.05, 4.69) is 19.1 Å². The van der Waals surface area contributed by atoms with Gasteiger partial charge in [0.25, 0.3) is 0 Å². The van der Waals surface area contributed by atoms with E-state index in [4.69, 9.17) is 4.74 Å². The Labute approximate surface area is 91.3 Å². The predicted molar refractivity (Wildman–Crippen MR) is 58.5 cm³/mol. The van der Waals surface area contributed by atoms with E-state index in [9.17, 15) is 5.11 Å². The smallest absolute Gasteiger partial charge is 0.0824 e. The summed E-state index contributed by atoms with van der Waals surface area (Å²) in [7, 11) is 0. The summed E-state index contributed by atoms with van der Waals surface area (Å²) in [5, 5.41) is 10.7. The van der Waals surface area contributed by atoms with E-state index < -0.39 is 5.60 Å². The van der Waals surface area contributed by atoms with Crippen molar-refractivity contribution in [2.75, 3.05) is 0 Å². The van der Waals surface area contributed by atoms with E-state index in [0.717, 1.165) is 12.8 Å². The van der Waals surface area contributed by atoms with Gasteiger partial charge in [-0.05, 0) is 18.8 Å². The van der Waals surface area contributed by atoms with Gasteiger partial charge in [0, 0.05) is 5.92 Å². The van der Waals surface area contributed by atoms with Crippen LogP contribution in [0.2, 0.25) is 0 Å². The van der Waals surface area contributed by atoms with Gasteiger partial charge in [0.1, 0.15) is 0 Å². The first kappa shape index (κ1) is 9.86. The maximum atomic E-state index is 10.7. The molecule has 2 aliphatic heterocycles. The Bertz CT molecular complexity index is 278. The second-order valence-corrected chi connectivity index (χ2v) is 5.50. The first-order valence-electron chi connectivity index (χ1n) is 6.27. The zero-order valence-corrected chi connectivity index (χ0v) is 9.36. The van der Waals surface area contributed by atoms with Gasteiger partial charge in [-0.1, -0.05) is 38.3 Å². The fourth-order valence-electron chi connectivity index (χ4n) is 3.79. The van der Waals surface area contributed by atoms with Crippen LogP contribution in [0.4, 0.5) is 0 Å². The fourth-order valence-corrected chi connectivity index (χ4v) is 3.79. The Kier molecular flexibility index (Phi) is 2.18. The van der Waals surface area contributed by atoms with E-state index in [1.807, 2.05) is 0 Å². The monoisotopic (exact) mass is 208 g/mol. The van der Waals surface area contributed by atoms with Gasteiger partial charge >= 0.3 is 0 Å². The van der Waals surface area contributed by atoms with Crippen LogP contribution in [0.5, 0.6) is 0 Å². The van der Waals surface area contributed by atoms with Gasteiger partial charge in [-0.25, -0.2) is 0 Å². The molecule has 4 atom stereocenters. The lowest BCUT2D eigenvalue weighted by atomic mass is 9.67. The van der Waals surface area contributed by atoms with Crippen LogP contribution in [-0.2, 0) is 4.74 Å². The summed E-state index contributed by atoms with van der Waals surface area (Å²) in [6, 6.07) is 0. The summed E-state index contributed by atoms with van der Waals surface area (Å²) in [6.07, 6.45) is 10.4. The van der Waals surface area contributed by atoms with E-state index in [0.29, 0.717) is 11.8 Å². The highest BCUT2D eigenvalue weighted by atomic mass is 16.5. The Hall–Kier alpha value is -0.340. The van der Waals surface area contributed by atoms with Gasteiger partial charge in [0.15, 0.2) is 0 Å². The van der Waals surface area contributed by atoms with Gasteiger partial charge < -0.3 is 9.84 Å². The SMILES string of the molecule is CC1C2C=CC(O2)C1C1(O)CCCCC1. The molecule has 4 unspecified atom stereocenters. The van der Waals surface area contributed by atoms with Gasteiger partial charge in [0.2, 0.25) is 0 Å². The average molecular weight is 208 g/mol. The van der Waals surface area contributed by atoms with Crippen molar-refractivity contribution in [3.8, 4) is 0 Å². The molecule has 1 saturated carbocycles. The average Bonchev–Trinajstić information content (AvgIpc) is 2.78. The summed E-state index contributed by atoms with van der Waals surface area (Å²) in [5.74, 6) is 0.830. The molecule has 2 heterocycles. The molecule has 0 aromatic heterocycles. The summed E-state index contributed by atoms with van der Waals surface area (Å²) >= 11 is 0. The maximum Gasteiger partial charge on any atom is 0.0824 e. The van der Waals surface area contributed by atoms with Crippen LogP contribution in [0.25, 0.3) is 0 Å². The standard InChI is InChI=1S/C13H20O2/c1-9-10-5-6-11(15-10)12(9)13(14)7-3-2-4-8-13/h5-6,9-12,14H,2-4,7-8H2,1H3. The maximum absolute atomic E-state index is 10.7. The van der Waals surface area contributed by atoms with E-state index >= 15 is 0 Å². The number of aliphatic hydroxyl groups is 1. The molecule has 2 bridgehead atoms. The van der Waals surface area contributed by atoms with Crippen molar-refractivity contribution in [2.24, 2.45) is 11.8 Å². The Morgan fingerprint density at radius 1 is 1.13 bits per heavy atom. The van der Waals surface area contributed by atoms with Crippen LogP contribution in [0.15, 0.2) is 12.2 Å². The molecular weight excluding hydrogens is 188 g/mol. The minimum absolute atomic E-state index is 0.188. The first-order valence-corrected chi connectivity index (χ1v) is 6.27. The number of hydrogen-bond donors (Lipinski definition) is 1. The molecule has 0 radical (unpaired) electrons. The third-order valence-electron chi connectivity index (χ3n) is 4.58. The molecule has 3 aliphatic rings. The minimum Gasteiger partial charge on any atom is -0.389 e. The Morgan fingerprint density at radius 3 is 2.40 bits per heavy atom. The second-order valence-electron chi connectivity index (χ2n) is 5.50. The largest absolute Gasteiger partial charge is 0.389 e. The van der Waals surface area contributed by atoms with Crippen molar-refractivity contribution in [3.05, 3.63) is 12.2 Å². The van der Waals surface area contributed by atoms with Crippen LogP contribution in [-0.4, -0.2) is 22.9 Å². The highest BCUT2D eigenvalue weighted by Gasteiger charge is 2.53. The summed E-state index contributed by atoms with van der Waals surface area (Å²) in [4.78, 5) is 0. The van der Waals surface area contributed by atoms with E-state index in [1.165, 1.54) is 19.3 Å². The van der Waals surface area contributed by atoms with Gasteiger partial charge in [-0.3, -0.25) is 0 Å². The molecule has 1 saturated heterocycles. The number of ether oxygens (including phenoxy) is 1. The highest BCUT2D eigenvalue weighted by molar-refractivity contribution is 5.17. The molecule has 2 heteroatoms. The van der Waals surface area contributed by atoms with E-state index in [1.54, 1.807) is 0 Å². The lowest BCUT2D eigenvalue weighted by molar-refractivity contribution is -0.0719. The Morgan fingerprint density at radius 2 is 1.80 bits per heavy atom. The van der Waals surface area contributed by atoms with Crippen molar-refractivity contribution >= 4 is 0 Å². The summed E-state index contributed by atoms with van der Waals surface area (Å²) in [5.41, 5.74) is -0.443. The molecular formula is C13H20O2. The van der Waals surface area contributed by atoms with Crippen LogP contribution >= 0.6 is 0 Å². The lowest BCUT2D eigenvalue weighted by Gasteiger charge is -2.41. The molecule has 84 valence electrons. The predicted octanol–water partition coefficient (Wildman–Crippen LogP) is 2.27. The normalized spacial score (nSPS) is 47.3. The van der Waals surface area contributed by atoms with Crippen molar-refractivity contribution in [1.29, 1.82) is 0 Å². The van der Waals surface area contributed by atoms with Gasteiger partial charge in [-0.2, -0.15) is 0 Å². The molecule has 0 aromatic rings. The number of fused-ring (bicyclic) bond motifs is 2. The quantitative estimate of drug-likeness (QED) is 0.670. The third kappa shape index (κ3) is 1.38. The summed E-state index contributed by atoms with van der Waals surface area (Å²) in [6.45, 7) is 2.23. The summed E-state index contributed by atoms with van der Waals surface area (Å²) < 4.78 is 5.84. The molecule has 15 heavy (non-hydrogen) atoms. The fraction of sp³-hybridized carbons (Fsp3) is 0.846. The zero-order valence-electron chi connectivity index (χ0n) is 9.36. The third-order valence-corrected chi connectivity index (χ3v) is 4.58. The molecule has 0 amide bonds. The van der Waals surface area contributed by atoms with E-state index in [-0.39, 0.29) is 12.2 Å². The van der Waals surface area contributed by atoms with Gasteiger partial charge in [0.05, 0.1) is 17.8 Å². The molecule has 1 aliphatic carbocycles.